The first-order valence-electron chi connectivity index (χ1n) is 10.1. The predicted octanol–water partition coefficient (Wildman–Crippen LogP) is 4.20. The van der Waals surface area contributed by atoms with E-state index in [0.717, 1.165) is 5.56 Å². The van der Waals surface area contributed by atoms with Crippen molar-refractivity contribution in [1.29, 1.82) is 0 Å². The van der Waals surface area contributed by atoms with Gasteiger partial charge in [0.05, 0.1) is 16.1 Å². The number of anilines is 1. The molecule has 32 heavy (non-hydrogen) atoms. The lowest BCUT2D eigenvalue weighted by atomic mass is 10.1. The summed E-state index contributed by atoms with van der Waals surface area (Å²) < 4.78 is 52.1. The van der Waals surface area contributed by atoms with Crippen LogP contribution in [0.2, 0.25) is 0 Å². The van der Waals surface area contributed by atoms with E-state index in [2.05, 4.69) is 0 Å². The van der Waals surface area contributed by atoms with Gasteiger partial charge in [-0.15, -0.1) is 0 Å². The van der Waals surface area contributed by atoms with Crippen LogP contribution in [0.5, 0.6) is 5.75 Å². The molecule has 0 bridgehead atoms. The van der Waals surface area contributed by atoms with Crippen LogP contribution in [0.25, 0.3) is 0 Å². The Bertz CT molecular complexity index is 1240. The summed E-state index contributed by atoms with van der Waals surface area (Å²) in [5, 5.41) is 0. The summed E-state index contributed by atoms with van der Waals surface area (Å²) in [7, 11) is -3.86. The van der Waals surface area contributed by atoms with Gasteiger partial charge in [-0.05, 0) is 55.3 Å². The monoisotopic (exact) mass is 455 g/mol. The molecule has 0 aliphatic carbocycles. The van der Waals surface area contributed by atoms with Crippen molar-refractivity contribution in [3.05, 3.63) is 89.7 Å². The molecule has 0 saturated carbocycles. The first-order valence-corrected chi connectivity index (χ1v) is 11.6. The van der Waals surface area contributed by atoms with Crippen molar-refractivity contribution in [2.75, 3.05) is 17.5 Å². The van der Waals surface area contributed by atoms with Crippen LogP contribution in [-0.4, -0.2) is 33.6 Å². The molecular formula is C24H22FNO5S. The van der Waals surface area contributed by atoms with Crippen LogP contribution >= 0.6 is 0 Å². The Kier molecular flexibility index (Phi) is 6.14. The molecule has 0 amide bonds. The molecule has 3 aromatic rings. The number of esters is 1. The van der Waals surface area contributed by atoms with Crippen LogP contribution in [0.1, 0.15) is 22.8 Å². The summed E-state index contributed by atoms with van der Waals surface area (Å²) >= 11 is 0. The Morgan fingerprint density at radius 1 is 1.03 bits per heavy atom. The van der Waals surface area contributed by atoms with Gasteiger partial charge in [-0.3, -0.25) is 4.31 Å². The Balaban J connectivity index is 1.45. The molecule has 1 atom stereocenters. The SMILES string of the molecule is CC1Cc2ccccc2N1S(=O)(=O)c1cccc(C(=O)OCCOc2ccccc2F)c1. The smallest absolute Gasteiger partial charge is 0.338 e. The minimum Gasteiger partial charge on any atom is -0.487 e. The molecule has 0 radical (unpaired) electrons. The topological polar surface area (TPSA) is 72.9 Å². The molecule has 0 fully saturated rings. The number of carbonyl (C=O) groups excluding carboxylic acids is 1. The maximum atomic E-state index is 13.6. The van der Waals surface area contributed by atoms with Gasteiger partial charge in [-0.1, -0.05) is 36.4 Å². The molecule has 1 aliphatic heterocycles. The van der Waals surface area contributed by atoms with Gasteiger partial charge in [0.2, 0.25) is 0 Å². The Hall–Kier alpha value is -3.39. The Labute approximate surface area is 186 Å². The van der Waals surface area contributed by atoms with Gasteiger partial charge in [-0.2, -0.15) is 0 Å². The average Bonchev–Trinajstić information content (AvgIpc) is 3.14. The molecule has 8 heteroatoms. The van der Waals surface area contributed by atoms with Crippen molar-refractivity contribution in [3.8, 4) is 5.75 Å². The number of fused-ring (bicyclic) bond motifs is 1. The summed E-state index contributed by atoms with van der Waals surface area (Å²) in [4.78, 5) is 12.4. The molecule has 0 saturated heterocycles. The second-order valence-corrected chi connectivity index (χ2v) is 9.24. The summed E-state index contributed by atoms with van der Waals surface area (Å²) in [5.41, 5.74) is 1.73. The van der Waals surface area contributed by atoms with Crippen molar-refractivity contribution in [2.45, 2.75) is 24.3 Å². The van der Waals surface area contributed by atoms with Gasteiger partial charge < -0.3 is 9.47 Å². The summed E-state index contributed by atoms with van der Waals surface area (Å²) in [6.45, 7) is 1.71. The fraction of sp³-hybridized carbons (Fsp3) is 0.208. The largest absolute Gasteiger partial charge is 0.487 e. The molecule has 0 N–H and O–H groups in total. The molecule has 166 valence electrons. The second kappa shape index (κ2) is 9.00. The number of rotatable bonds is 7. The summed E-state index contributed by atoms with van der Waals surface area (Å²) in [6, 6.07) is 18.8. The van der Waals surface area contributed by atoms with Crippen LogP contribution < -0.4 is 9.04 Å². The number of hydrogen-bond acceptors (Lipinski definition) is 5. The highest BCUT2D eigenvalue weighted by molar-refractivity contribution is 7.92. The third-order valence-electron chi connectivity index (χ3n) is 5.18. The number of carbonyl (C=O) groups is 1. The highest BCUT2D eigenvalue weighted by atomic mass is 32.2. The molecule has 1 heterocycles. The molecule has 0 spiro atoms. The maximum Gasteiger partial charge on any atom is 0.338 e. The summed E-state index contributed by atoms with van der Waals surface area (Å²) in [5.74, 6) is -1.12. The van der Waals surface area contributed by atoms with Gasteiger partial charge >= 0.3 is 5.97 Å². The molecule has 0 aromatic heterocycles. The zero-order valence-corrected chi connectivity index (χ0v) is 18.2. The third-order valence-corrected chi connectivity index (χ3v) is 7.11. The molecule has 3 aromatic carbocycles. The van der Waals surface area contributed by atoms with Crippen molar-refractivity contribution >= 4 is 21.7 Å². The highest BCUT2D eigenvalue weighted by Gasteiger charge is 2.36. The molecule has 6 nitrogen and oxygen atoms in total. The third kappa shape index (κ3) is 4.31. The number of hydrogen-bond donors (Lipinski definition) is 0. The number of benzene rings is 3. The minimum atomic E-state index is -3.86. The van der Waals surface area contributed by atoms with Crippen molar-refractivity contribution in [3.63, 3.8) is 0 Å². The number of halogens is 1. The average molecular weight is 456 g/mol. The number of nitrogens with zero attached hydrogens (tertiary/aromatic N) is 1. The van der Waals surface area contributed by atoms with E-state index in [1.54, 1.807) is 24.3 Å². The Morgan fingerprint density at radius 3 is 2.59 bits per heavy atom. The van der Waals surface area contributed by atoms with Gasteiger partial charge in [0.15, 0.2) is 11.6 Å². The minimum absolute atomic E-state index is 0.0121. The van der Waals surface area contributed by atoms with Crippen molar-refractivity contribution < 1.29 is 27.1 Å². The lowest BCUT2D eigenvalue weighted by Gasteiger charge is -2.24. The standard InChI is InChI=1S/C24H22FNO5S/c1-17-15-18-7-2-4-11-22(18)26(17)32(28,29)20-9-6-8-19(16-20)24(27)31-14-13-30-23-12-5-3-10-21(23)25/h2-12,16-17H,13-15H2,1H3. The van der Waals surface area contributed by atoms with E-state index in [1.807, 2.05) is 19.1 Å². The van der Waals surface area contributed by atoms with E-state index < -0.39 is 21.8 Å². The van der Waals surface area contributed by atoms with Crippen molar-refractivity contribution in [2.24, 2.45) is 0 Å². The first kappa shape index (κ1) is 21.8. The van der Waals surface area contributed by atoms with E-state index in [0.29, 0.717) is 12.1 Å². The normalized spacial score (nSPS) is 15.3. The second-order valence-electron chi connectivity index (χ2n) is 7.43. The van der Waals surface area contributed by atoms with E-state index in [4.69, 9.17) is 9.47 Å². The number of ether oxygens (including phenoxy) is 2. The zero-order valence-electron chi connectivity index (χ0n) is 17.4. The van der Waals surface area contributed by atoms with Gasteiger partial charge in [0, 0.05) is 6.04 Å². The molecule has 1 aliphatic rings. The lowest BCUT2D eigenvalue weighted by Crippen LogP contribution is -2.35. The van der Waals surface area contributed by atoms with Crippen LogP contribution in [0.4, 0.5) is 10.1 Å². The fourth-order valence-corrected chi connectivity index (χ4v) is 5.47. The van der Waals surface area contributed by atoms with Gasteiger partial charge in [0.25, 0.3) is 10.0 Å². The lowest BCUT2D eigenvalue weighted by molar-refractivity contribution is 0.0448. The molecule has 4 rings (SSSR count). The highest BCUT2D eigenvalue weighted by Crippen LogP contribution is 2.36. The van der Waals surface area contributed by atoms with Crippen LogP contribution in [0.15, 0.2) is 77.7 Å². The van der Waals surface area contributed by atoms with Gasteiger partial charge in [-0.25, -0.2) is 17.6 Å². The van der Waals surface area contributed by atoms with Crippen LogP contribution in [0, 0.1) is 5.82 Å². The van der Waals surface area contributed by atoms with Crippen LogP contribution in [0.3, 0.4) is 0 Å². The van der Waals surface area contributed by atoms with E-state index in [1.165, 1.54) is 40.7 Å². The fourth-order valence-electron chi connectivity index (χ4n) is 3.73. The zero-order chi connectivity index (χ0) is 22.7. The number of sulfonamides is 1. The first-order chi connectivity index (χ1) is 15.4. The van der Waals surface area contributed by atoms with Gasteiger partial charge in [0.1, 0.15) is 13.2 Å². The summed E-state index contributed by atoms with van der Waals surface area (Å²) in [6.07, 6.45) is 0.624. The Morgan fingerprint density at radius 2 is 1.78 bits per heavy atom. The van der Waals surface area contributed by atoms with E-state index >= 15 is 0 Å². The maximum absolute atomic E-state index is 13.6. The van der Waals surface area contributed by atoms with E-state index in [9.17, 15) is 17.6 Å². The predicted molar refractivity (Wildman–Crippen MR) is 118 cm³/mol. The van der Waals surface area contributed by atoms with Crippen LogP contribution in [-0.2, 0) is 21.2 Å². The molecular weight excluding hydrogens is 433 g/mol. The quantitative estimate of drug-likeness (QED) is 0.394. The molecule has 1 unspecified atom stereocenters. The number of para-hydroxylation sites is 2. The van der Waals surface area contributed by atoms with Crippen molar-refractivity contribution in [1.82, 2.24) is 0 Å². The van der Waals surface area contributed by atoms with E-state index in [-0.39, 0.29) is 35.5 Å².